The molecule has 1 aromatic carbocycles. The van der Waals surface area contributed by atoms with Crippen molar-refractivity contribution in [3.8, 4) is 0 Å². The zero-order valence-electron chi connectivity index (χ0n) is 16.0. The minimum absolute atomic E-state index is 0.347. The van der Waals surface area contributed by atoms with Gasteiger partial charge in [-0.25, -0.2) is 17.2 Å². The van der Waals surface area contributed by atoms with Crippen molar-refractivity contribution in [3.05, 3.63) is 36.0 Å². The molecule has 0 saturated carbocycles. The predicted molar refractivity (Wildman–Crippen MR) is 107 cm³/mol. The molecule has 2 heterocycles. The predicted octanol–water partition coefficient (Wildman–Crippen LogP) is 3.06. The topological polar surface area (TPSA) is 94.6 Å². The van der Waals surface area contributed by atoms with Gasteiger partial charge in [0.15, 0.2) is 0 Å². The Morgan fingerprint density at radius 2 is 1.96 bits per heavy atom. The number of hydrogen-bond donors (Lipinski definition) is 1. The van der Waals surface area contributed by atoms with E-state index in [4.69, 9.17) is 10.5 Å². The van der Waals surface area contributed by atoms with E-state index in [1.165, 1.54) is 10.2 Å². The van der Waals surface area contributed by atoms with E-state index in [1.807, 2.05) is 26.8 Å². The van der Waals surface area contributed by atoms with Gasteiger partial charge in [0.25, 0.3) is 0 Å². The molecular weight excluding hydrogens is 366 g/mol. The highest BCUT2D eigenvalue weighted by molar-refractivity contribution is 7.89. The summed E-state index contributed by atoms with van der Waals surface area (Å²) in [6, 6.07) is 5.19. The number of benzene rings is 1. The minimum Gasteiger partial charge on any atom is -0.444 e. The van der Waals surface area contributed by atoms with Gasteiger partial charge in [0, 0.05) is 35.9 Å². The molecule has 8 heteroatoms. The molecule has 0 unspecified atom stereocenters. The van der Waals surface area contributed by atoms with Crippen molar-refractivity contribution in [3.63, 3.8) is 0 Å². The van der Waals surface area contributed by atoms with Crippen molar-refractivity contribution in [2.75, 3.05) is 25.1 Å². The first-order valence-corrected chi connectivity index (χ1v) is 10.6. The molecule has 1 aliphatic heterocycles. The Morgan fingerprint density at radius 3 is 2.52 bits per heavy atom. The summed E-state index contributed by atoms with van der Waals surface area (Å²) >= 11 is 0. The molecule has 0 aliphatic carbocycles. The number of nitrogen functional groups attached to an aromatic ring is 1. The summed E-state index contributed by atoms with van der Waals surface area (Å²) in [5, 5.41) is 0.789. The highest BCUT2D eigenvalue weighted by Crippen LogP contribution is 2.33. The van der Waals surface area contributed by atoms with Gasteiger partial charge in [0.1, 0.15) is 5.60 Å². The van der Waals surface area contributed by atoms with Crippen LogP contribution in [0.1, 0.15) is 32.8 Å². The van der Waals surface area contributed by atoms with E-state index in [0.717, 1.165) is 16.5 Å². The molecule has 2 aromatic rings. The van der Waals surface area contributed by atoms with Crippen molar-refractivity contribution in [1.29, 1.82) is 0 Å². The van der Waals surface area contributed by atoms with Gasteiger partial charge in [0.05, 0.1) is 11.8 Å². The van der Waals surface area contributed by atoms with Crippen LogP contribution < -0.4 is 5.73 Å². The first-order valence-electron chi connectivity index (χ1n) is 8.74. The molecule has 146 valence electrons. The van der Waals surface area contributed by atoms with Crippen LogP contribution in [0.25, 0.3) is 16.5 Å². The molecule has 0 atom stereocenters. The van der Waals surface area contributed by atoms with E-state index in [0.29, 0.717) is 30.7 Å². The van der Waals surface area contributed by atoms with E-state index in [-0.39, 0.29) is 6.09 Å². The molecule has 0 spiro atoms. The third-order valence-corrected chi connectivity index (χ3v) is 5.38. The van der Waals surface area contributed by atoms with Crippen LogP contribution in [-0.4, -0.2) is 48.3 Å². The summed E-state index contributed by atoms with van der Waals surface area (Å²) in [6.07, 6.45) is 5.01. The van der Waals surface area contributed by atoms with Crippen LogP contribution in [0.5, 0.6) is 0 Å². The fourth-order valence-electron chi connectivity index (χ4n) is 3.15. The highest BCUT2D eigenvalue weighted by atomic mass is 32.2. The van der Waals surface area contributed by atoms with E-state index in [9.17, 15) is 13.2 Å². The molecule has 2 N–H and O–H groups in total. The number of ether oxygens (including phenoxy) is 1. The second kappa shape index (κ2) is 6.60. The number of fused-ring (bicyclic) bond motifs is 1. The summed E-state index contributed by atoms with van der Waals surface area (Å²) in [7, 11) is -3.44. The average Bonchev–Trinajstić information content (AvgIpc) is 2.92. The Morgan fingerprint density at radius 1 is 1.26 bits per heavy atom. The third-order valence-electron chi connectivity index (χ3n) is 4.36. The fourth-order valence-corrected chi connectivity index (χ4v) is 3.97. The first kappa shape index (κ1) is 19.3. The van der Waals surface area contributed by atoms with E-state index >= 15 is 0 Å². The SMILES string of the molecule is CC(C)(C)OC(=O)N1CC=C(c2cn(S(C)(=O)=O)c3ccc(N)cc23)CC1. The van der Waals surface area contributed by atoms with E-state index in [1.54, 1.807) is 29.3 Å². The van der Waals surface area contributed by atoms with Crippen molar-refractivity contribution in [2.45, 2.75) is 32.8 Å². The zero-order valence-corrected chi connectivity index (χ0v) is 16.8. The van der Waals surface area contributed by atoms with Crippen molar-refractivity contribution in [1.82, 2.24) is 8.87 Å². The van der Waals surface area contributed by atoms with E-state index in [2.05, 4.69) is 0 Å². The Balaban J connectivity index is 1.95. The van der Waals surface area contributed by atoms with Crippen LogP contribution in [0.4, 0.5) is 10.5 Å². The second-order valence-electron chi connectivity index (χ2n) is 7.78. The molecule has 1 amide bonds. The minimum atomic E-state index is -3.44. The molecule has 27 heavy (non-hydrogen) atoms. The Hall–Kier alpha value is -2.48. The van der Waals surface area contributed by atoms with Crippen LogP contribution in [-0.2, 0) is 14.8 Å². The molecule has 0 saturated heterocycles. The van der Waals surface area contributed by atoms with Gasteiger partial charge in [-0.3, -0.25) is 0 Å². The second-order valence-corrected chi connectivity index (χ2v) is 9.64. The van der Waals surface area contributed by atoms with Gasteiger partial charge in [-0.1, -0.05) is 6.08 Å². The van der Waals surface area contributed by atoms with Crippen LogP contribution in [0, 0.1) is 0 Å². The maximum absolute atomic E-state index is 12.2. The van der Waals surface area contributed by atoms with Crippen LogP contribution >= 0.6 is 0 Å². The summed E-state index contributed by atoms with van der Waals surface area (Å²) in [5.41, 5.74) is 8.36. The molecule has 3 rings (SSSR count). The van der Waals surface area contributed by atoms with Gasteiger partial charge in [-0.15, -0.1) is 0 Å². The number of amides is 1. The number of carbonyl (C=O) groups excluding carboxylic acids is 1. The molecule has 0 radical (unpaired) electrons. The molecule has 1 aromatic heterocycles. The largest absolute Gasteiger partial charge is 0.444 e. The fraction of sp³-hybridized carbons (Fsp3) is 0.421. The normalized spacial score (nSPS) is 15.7. The Bertz CT molecular complexity index is 1030. The molecular formula is C19H25N3O4S. The lowest BCUT2D eigenvalue weighted by Crippen LogP contribution is -2.39. The lowest BCUT2D eigenvalue weighted by Gasteiger charge is -2.29. The number of anilines is 1. The smallest absolute Gasteiger partial charge is 0.410 e. The molecule has 1 aliphatic rings. The highest BCUT2D eigenvalue weighted by Gasteiger charge is 2.25. The van der Waals surface area contributed by atoms with Gasteiger partial charge in [-0.05, 0) is 51.0 Å². The van der Waals surface area contributed by atoms with E-state index < -0.39 is 15.6 Å². The van der Waals surface area contributed by atoms with Gasteiger partial charge >= 0.3 is 6.09 Å². The summed E-state index contributed by atoms with van der Waals surface area (Å²) in [5.74, 6) is 0. The van der Waals surface area contributed by atoms with Crippen molar-refractivity contribution < 1.29 is 17.9 Å². The monoisotopic (exact) mass is 391 g/mol. The van der Waals surface area contributed by atoms with Gasteiger partial charge in [-0.2, -0.15) is 0 Å². The first-order chi connectivity index (χ1) is 12.5. The van der Waals surface area contributed by atoms with Crippen molar-refractivity contribution >= 4 is 38.3 Å². The van der Waals surface area contributed by atoms with Gasteiger partial charge < -0.3 is 15.4 Å². The third kappa shape index (κ3) is 4.10. The van der Waals surface area contributed by atoms with Crippen molar-refractivity contribution in [2.24, 2.45) is 0 Å². The number of aromatic nitrogens is 1. The average molecular weight is 391 g/mol. The van der Waals surface area contributed by atoms with Crippen LogP contribution in [0.2, 0.25) is 0 Å². The number of nitrogens with zero attached hydrogens (tertiary/aromatic N) is 2. The summed E-state index contributed by atoms with van der Waals surface area (Å²) in [4.78, 5) is 13.9. The Kier molecular flexibility index (Phi) is 4.71. The molecule has 0 bridgehead atoms. The molecule has 0 fully saturated rings. The number of carbonyl (C=O) groups is 1. The molecule has 7 nitrogen and oxygen atoms in total. The van der Waals surface area contributed by atoms with Crippen LogP contribution in [0.3, 0.4) is 0 Å². The maximum atomic E-state index is 12.2. The standard InChI is InChI=1S/C19H25N3O4S/c1-19(2,3)26-18(23)21-9-7-13(8-10-21)16-12-22(27(4,24)25)17-6-5-14(20)11-15(16)17/h5-7,11-12H,8-10,20H2,1-4H3. The summed E-state index contributed by atoms with van der Waals surface area (Å²) in [6.45, 7) is 6.43. The summed E-state index contributed by atoms with van der Waals surface area (Å²) < 4.78 is 31.0. The number of nitrogens with two attached hydrogens (primary N) is 1. The number of rotatable bonds is 2. The quantitative estimate of drug-likeness (QED) is 0.794. The Labute approximate surface area is 159 Å². The maximum Gasteiger partial charge on any atom is 0.410 e. The zero-order chi connectivity index (χ0) is 20.0. The van der Waals surface area contributed by atoms with Crippen LogP contribution in [0.15, 0.2) is 30.5 Å². The lowest BCUT2D eigenvalue weighted by atomic mass is 9.99. The number of hydrogen-bond acceptors (Lipinski definition) is 5. The lowest BCUT2D eigenvalue weighted by molar-refractivity contribution is 0.0270. The van der Waals surface area contributed by atoms with Gasteiger partial charge in [0.2, 0.25) is 10.0 Å².